The topological polar surface area (TPSA) is 123 Å². The van der Waals surface area contributed by atoms with Gasteiger partial charge in [-0.15, -0.1) is 0 Å². The molecule has 0 radical (unpaired) electrons. The second kappa shape index (κ2) is 7.26. The van der Waals surface area contributed by atoms with Crippen molar-refractivity contribution in [2.45, 2.75) is 69.7 Å². The first-order chi connectivity index (χ1) is 13.0. The molecule has 0 amide bonds. The Hall–Kier alpha value is -1.74. The quantitative estimate of drug-likeness (QED) is 0.359. The number of carbonyl (C=O) groups is 2. The number of hydrogen-bond donors (Lipinski definition) is 3. The lowest BCUT2D eigenvalue weighted by Gasteiger charge is -2.35. The lowest BCUT2D eigenvalue weighted by molar-refractivity contribution is -0.211. The van der Waals surface area contributed by atoms with E-state index < -0.39 is 54.2 Å². The van der Waals surface area contributed by atoms with Crippen LogP contribution in [0.5, 0.6) is 0 Å². The average molecular weight is 396 g/mol. The van der Waals surface area contributed by atoms with Crippen LogP contribution in [-0.4, -0.2) is 63.6 Å². The van der Waals surface area contributed by atoms with E-state index in [0.717, 1.165) is 0 Å². The Morgan fingerprint density at radius 2 is 2.14 bits per heavy atom. The zero-order valence-electron chi connectivity index (χ0n) is 16.4. The van der Waals surface area contributed by atoms with Gasteiger partial charge in [-0.3, -0.25) is 4.79 Å². The lowest BCUT2D eigenvalue weighted by atomic mass is 9.80. The predicted molar refractivity (Wildman–Crippen MR) is 96.7 cm³/mol. The van der Waals surface area contributed by atoms with Crippen LogP contribution in [-0.2, 0) is 23.8 Å². The predicted octanol–water partition coefficient (Wildman–Crippen LogP) is 0.593. The second-order valence-corrected chi connectivity index (χ2v) is 8.18. The normalized spacial score (nSPS) is 41.3. The summed E-state index contributed by atoms with van der Waals surface area (Å²) in [6.45, 7) is 8.45. The SMILES string of the molecule is C=C1C(=O)O[C@H]2C=C(CO)[C@]3(O)C[C@H](O)[C@@](C)(C[C@@H](OC(=O)C(C)CC)[C@@H]12)O3. The van der Waals surface area contributed by atoms with Crippen molar-refractivity contribution in [2.75, 3.05) is 6.61 Å². The van der Waals surface area contributed by atoms with Gasteiger partial charge in [0.2, 0.25) is 0 Å². The van der Waals surface area contributed by atoms with Crippen LogP contribution in [0.15, 0.2) is 23.8 Å². The Morgan fingerprint density at radius 1 is 1.46 bits per heavy atom. The average Bonchev–Trinajstić information content (AvgIpc) is 3.04. The Kier molecular flexibility index (Phi) is 5.44. The van der Waals surface area contributed by atoms with Crippen molar-refractivity contribution in [1.82, 2.24) is 0 Å². The first-order valence-corrected chi connectivity index (χ1v) is 9.57. The maximum Gasteiger partial charge on any atom is 0.334 e. The zero-order valence-corrected chi connectivity index (χ0v) is 16.4. The number of aliphatic hydroxyl groups is 3. The van der Waals surface area contributed by atoms with E-state index >= 15 is 0 Å². The summed E-state index contributed by atoms with van der Waals surface area (Å²) >= 11 is 0. The molecule has 28 heavy (non-hydrogen) atoms. The van der Waals surface area contributed by atoms with Crippen LogP contribution in [0.4, 0.5) is 0 Å². The van der Waals surface area contributed by atoms with E-state index in [2.05, 4.69) is 6.58 Å². The molecule has 0 aromatic heterocycles. The summed E-state index contributed by atoms with van der Waals surface area (Å²) in [6.07, 6.45) is -0.933. The lowest BCUT2D eigenvalue weighted by Crippen LogP contribution is -2.45. The Labute approximate surface area is 163 Å². The molecule has 3 aliphatic heterocycles. The molecule has 0 aromatic carbocycles. The molecule has 0 aliphatic carbocycles. The largest absolute Gasteiger partial charge is 0.461 e. The number of aliphatic hydroxyl groups excluding tert-OH is 2. The van der Waals surface area contributed by atoms with E-state index in [4.69, 9.17) is 14.2 Å². The van der Waals surface area contributed by atoms with Gasteiger partial charge in [-0.1, -0.05) is 20.4 Å². The smallest absolute Gasteiger partial charge is 0.334 e. The minimum Gasteiger partial charge on any atom is -0.461 e. The summed E-state index contributed by atoms with van der Waals surface area (Å²) in [7, 11) is 0. The highest BCUT2D eigenvalue weighted by Gasteiger charge is 2.58. The van der Waals surface area contributed by atoms with E-state index in [-0.39, 0.29) is 29.9 Å². The number of esters is 2. The first-order valence-electron chi connectivity index (χ1n) is 9.57. The van der Waals surface area contributed by atoms with Crippen molar-refractivity contribution in [3.63, 3.8) is 0 Å². The van der Waals surface area contributed by atoms with Gasteiger partial charge in [0.1, 0.15) is 12.2 Å². The summed E-state index contributed by atoms with van der Waals surface area (Å²) in [5, 5.41) is 31.3. The highest BCUT2D eigenvalue weighted by molar-refractivity contribution is 5.91. The van der Waals surface area contributed by atoms with E-state index in [1.807, 2.05) is 6.92 Å². The molecule has 8 heteroatoms. The van der Waals surface area contributed by atoms with Crippen molar-refractivity contribution in [1.29, 1.82) is 0 Å². The van der Waals surface area contributed by atoms with Gasteiger partial charge in [0.25, 0.3) is 0 Å². The summed E-state index contributed by atoms with van der Waals surface area (Å²) < 4.78 is 16.9. The minimum absolute atomic E-state index is 0.0298. The van der Waals surface area contributed by atoms with Crippen molar-refractivity contribution < 1.29 is 39.1 Å². The summed E-state index contributed by atoms with van der Waals surface area (Å²) in [5.41, 5.74) is -1.03. The van der Waals surface area contributed by atoms with Crippen LogP contribution in [0.2, 0.25) is 0 Å². The molecule has 8 nitrogen and oxygen atoms in total. The van der Waals surface area contributed by atoms with Crippen LogP contribution in [0.3, 0.4) is 0 Å². The Morgan fingerprint density at radius 3 is 2.75 bits per heavy atom. The molecular formula is C20H28O8. The summed E-state index contributed by atoms with van der Waals surface area (Å²) in [4.78, 5) is 24.7. The molecule has 3 heterocycles. The van der Waals surface area contributed by atoms with E-state index in [9.17, 15) is 24.9 Å². The molecule has 0 aromatic rings. The van der Waals surface area contributed by atoms with Crippen molar-refractivity contribution in [3.05, 3.63) is 23.8 Å². The minimum atomic E-state index is -1.90. The molecule has 3 aliphatic rings. The van der Waals surface area contributed by atoms with Crippen molar-refractivity contribution >= 4 is 11.9 Å². The monoisotopic (exact) mass is 396 g/mol. The molecule has 2 bridgehead atoms. The second-order valence-electron chi connectivity index (χ2n) is 8.18. The van der Waals surface area contributed by atoms with E-state index in [1.165, 1.54) is 6.08 Å². The van der Waals surface area contributed by atoms with E-state index in [0.29, 0.717) is 6.42 Å². The van der Waals surface area contributed by atoms with E-state index in [1.54, 1.807) is 13.8 Å². The highest BCUT2D eigenvalue weighted by Crippen LogP contribution is 2.48. The molecule has 3 N–H and O–H groups in total. The zero-order chi connectivity index (χ0) is 20.9. The summed E-state index contributed by atoms with van der Waals surface area (Å²) in [5.74, 6) is -4.02. The number of carbonyl (C=O) groups excluding carboxylic acids is 2. The molecule has 0 saturated carbocycles. The maximum absolute atomic E-state index is 12.5. The van der Waals surface area contributed by atoms with Crippen molar-refractivity contribution in [3.8, 4) is 0 Å². The number of rotatable bonds is 4. The van der Waals surface area contributed by atoms with Crippen molar-refractivity contribution in [2.24, 2.45) is 11.8 Å². The molecular weight excluding hydrogens is 368 g/mol. The summed E-state index contributed by atoms with van der Waals surface area (Å²) in [6, 6.07) is 0. The van der Waals surface area contributed by atoms with Gasteiger partial charge in [0, 0.05) is 24.0 Å². The highest BCUT2D eigenvalue weighted by atomic mass is 16.7. The van der Waals surface area contributed by atoms with Gasteiger partial charge in [-0.05, 0) is 19.4 Å². The Balaban J connectivity index is 2.07. The third-order valence-corrected chi connectivity index (χ3v) is 6.17. The fourth-order valence-electron chi connectivity index (χ4n) is 4.11. The third-order valence-electron chi connectivity index (χ3n) is 6.17. The molecule has 2 saturated heterocycles. The van der Waals surface area contributed by atoms with Crippen LogP contribution in [0.25, 0.3) is 0 Å². The Bertz CT molecular complexity index is 715. The van der Waals surface area contributed by atoms with Gasteiger partial charge in [0.05, 0.1) is 30.1 Å². The van der Waals surface area contributed by atoms with Gasteiger partial charge < -0.3 is 29.5 Å². The molecule has 2 fully saturated rings. The van der Waals surface area contributed by atoms with Gasteiger partial charge in [0.15, 0.2) is 5.79 Å². The number of fused-ring (bicyclic) bond motifs is 3. The maximum atomic E-state index is 12.5. The number of ether oxygens (including phenoxy) is 3. The number of hydrogen-bond acceptors (Lipinski definition) is 8. The molecule has 3 rings (SSSR count). The van der Waals surface area contributed by atoms with Crippen LogP contribution < -0.4 is 0 Å². The van der Waals surface area contributed by atoms with Crippen LogP contribution in [0.1, 0.15) is 40.0 Å². The third kappa shape index (κ3) is 3.39. The standard InChI is InChI=1S/C20H28O8/c1-5-10(2)17(23)27-14-7-19(4)15(22)8-20(25,28-19)12(9-21)6-13-16(14)11(3)18(24)26-13/h6,10,13-16,21-22,25H,3,5,7-9H2,1-2,4H3/t10?,13-,14+,15-,16-,19+,20-/m0/s1. The van der Waals surface area contributed by atoms with Gasteiger partial charge >= 0.3 is 11.9 Å². The first kappa shape index (κ1) is 21.0. The molecule has 1 unspecified atom stereocenters. The van der Waals surface area contributed by atoms with Gasteiger partial charge in [-0.2, -0.15) is 0 Å². The molecule has 0 spiro atoms. The fourth-order valence-corrected chi connectivity index (χ4v) is 4.11. The molecule has 156 valence electrons. The van der Waals surface area contributed by atoms with Gasteiger partial charge in [-0.25, -0.2) is 4.79 Å². The molecule has 7 atom stereocenters. The van der Waals surface area contributed by atoms with Crippen LogP contribution >= 0.6 is 0 Å². The van der Waals surface area contributed by atoms with Crippen LogP contribution in [0, 0.1) is 11.8 Å². The fraction of sp³-hybridized carbons (Fsp3) is 0.700.